The van der Waals surface area contributed by atoms with E-state index < -0.39 is 24.4 Å². The Balaban J connectivity index is 1.26. The molecule has 7 nitrogen and oxygen atoms in total. The predicted molar refractivity (Wildman–Crippen MR) is 105 cm³/mol. The number of hydrogen-bond acceptors (Lipinski definition) is 6. The zero-order chi connectivity index (χ0) is 21.5. The topological polar surface area (TPSA) is 62.3 Å². The summed E-state index contributed by atoms with van der Waals surface area (Å²) in [7, 11) is 1.26. The fourth-order valence-corrected chi connectivity index (χ4v) is 6.00. The van der Waals surface area contributed by atoms with Crippen molar-refractivity contribution in [1.82, 2.24) is 14.7 Å². The first-order valence-corrected chi connectivity index (χ1v) is 11.1. The van der Waals surface area contributed by atoms with Crippen molar-refractivity contribution < 1.29 is 27.8 Å². The summed E-state index contributed by atoms with van der Waals surface area (Å²) in [6.45, 7) is 5.15. The Labute approximate surface area is 176 Å². The average Bonchev–Trinajstić information content (AvgIpc) is 3.28. The van der Waals surface area contributed by atoms with Crippen molar-refractivity contribution in [3.8, 4) is 0 Å². The largest absolute Gasteiger partial charge is 0.468 e. The van der Waals surface area contributed by atoms with Gasteiger partial charge >= 0.3 is 12.1 Å². The molecule has 0 aromatic heterocycles. The van der Waals surface area contributed by atoms with E-state index in [0.29, 0.717) is 12.6 Å². The molecule has 0 N–H and O–H groups in total. The Hall–Kier alpha value is -1.48. The summed E-state index contributed by atoms with van der Waals surface area (Å²) in [5.74, 6) is -3.38. The van der Waals surface area contributed by atoms with E-state index in [0.717, 1.165) is 58.3 Å². The van der Waals surface area contributed by atoms with Gasteiger partial charge < -0.3 is 19.3 Å². The van der Waals surface area contributed by atoms with Gasteiger partial charge in [0.05, 0.1) is 20.3 Å². The van der Waals surface area contributed by atoms with Crippen molar-refractivity contribution in [2.75, 3.05) is 46.4 Å². The summed E-state index contributed by atoms with van der Waals surface area (Å²) < 4.78 is 37.8. The van der Waals surface area contributed by atoms with Gasteiger partial charge in [-0.3, -0.25) is 9.69 Å². The third-order valence-corrected chi connectivity index (χ3v) is 7.57. The minimum atomic E-state index is -2.83. The Bertz CT molecular complexity index is 663. The highest BCUT2D eigenvalue weighted by molar-refractivity contribution is 5.76. The molecular formula is C21H33F2N3O4. The van der Waals surface area contributed by atoms with Gasteiger partial charge in [-0.15, -0.1) is 0 Å². The van der Waals surface area contributed by atoms with Crippen LogP contribution < -0.4 is 0 Å². The molecule has 0 aromatic rings. The number of alkyl halides is 2. The van der Waals surface area contributed by atoms with Gasteiger partial charge in [-0.05, 0) is 57.5 Å². The molecule has 4 fully saturated rings. The molecule has 4 aliphatic rings. The first kappa shape index (κ1) is 21.7. The number of hydrogen-bond donors (Lipinski definition) is 0. The number of ether oxygens (including phenoxy) is 2. The average molecular weight is 430 g/mol. The molecule has 1 saturated carbocycles. The second-order valence-corrected chi connectivity index (χ2v) is 9.47. The number of halogens is 2. The Morgan fingerprint density at radius 3 is 2.37 bits per heavy atom. The number of methoxy groups -OCH3 is 1. The molecule has 1 aliphatic carbocycles. The van der Waals surface area contributed by atoms with Gasteiger partial charge in [0.15, 0.2) is 0 Å². The summed E-state index contributed by atoms with van der Waals surface area (Å²) >= 11 is 0. The third-order valence-electron chi connectivity index (χ3n) is 7.57. The molecule has 3 saturated heterocycles. The van der Waals surface area contributed by atoms with Gasteiger partial charge in [0.25, 0.3) is 5.92 Å². The maximum Gasteiger partial charge on any atom is 0.409 e. The van der Waals surface area contributed by atoms with Crippen LogP contribution >= 0.6 is 0 Å². The van der Waals surface area contributed by atoms with E-state index in [9.17, 15) is 18.4 Å². The van der Waals surface area contributed by atoms with Crippen molar-refractivity contribution in [3.63, 3.8) is 0 Å². The van der Waals surface area contributed by atoms with E-state index in [1.807, 2.05) is 11.8 Å². The van der Waals surface area contributed by atoms with Gasteiger partial charge in [-0.2, -0.15) is 0 Å². The lowest BCUT2D eigenvalue weighted by Crippen LogP contribution is -2.56. The minimum absolute atomic E-state index is 0.00134. The third kappa shape index (κ3) is 4.15. The van der Waals surface area contributed by atoms with E-state index in [2.05, 4.69) is 4.90 Å². The lowest BCUT2D eigenvalue weighted by molar-refractivity contribution is -0.147. The van der Waals surface area contributed by atoms with E-state index in [4.69, 9.17) is 9.47 Å². The van der Waals surface area contributed by atoms with Gasteiger partial charge in [0, 0.05) is 31.6 Å². The number of rotatable bonds is 4. The molecule has 3 aliphatic heterocycles. The zero-order valence-electron chi connectivity index (χ0n) is 17.9. The molecule has 0 aromatic carbocycles. The number of likely N-dealkylation sites (tertiary alicyclic amines) is 3. The van der Waals surface area contributed by atoms with Crippen LogP contribution in [0.3, 0.4) is 0 Å². The number of piperidine rings is 1. The number of carbonyl (C=O) groups is 2. The molecule has 1 amide bonds. The van der Waals surface area contributed by atoms with Gasteiger partial charge in [0.2, 0.25) is 0 Å². The Morgan fingerprint density at radius 1 is 1.03 bits per heavy atom. The van der Waals surface area contributed by atoms with Gasteiger partial charge in [-0.1, -0.05) is 0 Å². The van der Waals surface area contributed by atoms with Crippen LogP contribution in [0, 0.1) is 5.41 Å². The summed E-state index contributed by atoms with van der Waals surface area (Å²) in [4.78, 5) is 29.9. The molecular weight excluding hydrogens is 396 g/mol. The maximum atomic E-state index is 14.0. The Morgan fingerprint density at radius 2 is 1.73 bits per heavy atom. The highest BCUT2D eigenvalue weighted by Crippen LogP contribution is 2.50. The zero-order valence-corrected chi connectivity index (χ0v) is 17.9. The fourth-order valence-electron chi connectivity index (χ4n) is 6.00. The van der Waals surface area contributed by atoms with Crippen molar-refractivity contribution in [2.45, 2.75) is 69.5 Å². The first-order chi connectivity index (χ1) is 14.3. The molecule has 3 heterocycles. The van der Waals surface area contributed by atoms with Crippen molar-refractivity contribution in [2.24, 2.45) is 5.41 Å². The molecule has 4 rings (SSSR count). The Kier molecular flexibility index (Phi) is 5.96. The molecule has 1 spiro atoms. The lowest BCUT2D eigenvalue weighted by Gasteiger charge is -2.52. The van der Waals surface area contributed by atoms with Crippen molar-refractivity contribution in [1.29, 1.82) is 0 Å². The molecule has 1 atom stereocenters. The first-order valence-electron chi connectivity index (χ1n) is 11.1. The van der Waals surface area contributed by atoms with Crippen molar-refractivity contribution in [3.05, 3.63) is 0 Å². The van der Waals surface area contributed by atoms with Crippen LogP contribution in [0.2, 0.25) is 0 Å². The molecule has 170 valence electrons. The quantitative estimate of drug-likeness (QED) is 0.640. The monoisotopic (exact) mass is 429 g/mol. The molecule has 0 unspecified atom stereocenters. The van der Waals surface area contributed by atoms with Crippen LogP contribution in [0.15, 0.2) is 0 Å². The standard InChI is InChI=1S/C21H33F2N3O4/c1-3-30-19(28)25-9-6-20(13-25)10-16(11-20)24-7-4-15(5-8-24)26-14-21(22,23)12-17(26)18(27)29-2/h15-17H,3-14H2,1-2H3/t16?,17-,20?/m0/s1. The number of carbonyl (C=O) groups excluding carboxylic acids is 2. The minimum Gasteiger partial charge on any atom is -0.468 e. The highest BCUT2D eigenvalue weighted by Gasteiger charge is 2.53. The number of nitrogens with zero attached hydrogens (tertiary/aromatic N) is 3. The highest BCUT2D eigenvalue weighted by atomic mass is 19.3. The lowest BCUT2D eigenvalue weighted by atomic mass is 9.64. The van der Waals surface area contributed by atoms with E-state index >= 15 is 0 Å². The summed E-state index contributed by atoms with van der Waals surface area (Å²) in [5, 5.41) is 0. The van der Waals surface area contributed by atoms with E-state index in [-0.39, 0.29) is 24.1 Å². The summed E-state index contributed by atoms with van der Waals surface area (Å²) in [5.41, 5.74) is 0.223. The van der Waals surface area contributed by atoms with Crippen LogP contribution in [0.5, 0.6) is 0 Å². The van der Waals surface area contributed by atoms with E-state index in [1.54, 1.807) is 4.90 Å². The molecule has 9 heteroatoms. The molecule has 0 radical (unpaired) electrons. The van der Waals surface area contributed by atoms with Crippen LogP contribution in [-0.2, 0) is 14.3 Å². The van der Waals surface area contributed by atoms with Crippen LogP contribution in [0.25, 0.3) is 0 Å². The second-order valence-electron chi connectivity index (χ2n) is 9.47. The summed E-state index contributed by atoms with van der Waals surface area (Å²) in [6, 6.07) is -0.330. The van der Waals surface area contributed by atoms with Crippen LogP contribution in [0.1, 0.15) is 45.4 Å². The normalized spacial score (nSPS) is 34.9. The SMILES string of the molecule is CCOC(=O)N1CCC2(CC(N3CCC(N4CC(F)(F)C[C@H]4C(=O)OC)CC3)C2)C1. The smallest absolute Gasteiger partial charge is 0.409 e. The molecule has 0 bridgehead atoms. The number of esters is 1. The summed E-state index contributed by atoms with van der Waals surface area (Å²) in [6.07, 6.45) is 4.13. The maximum absolute atomic E-state index is 14.0. The van der Waals surface area contributed by atoms with Crippen LogP contribution in [-0.4, -0.2) is 97.3 Å². The van der Waals surface area contributed by atoms with Crippen molar-refractivity contribution >= 4 is 12.1 Å². The van der Waals surface area contributed by atoms with Gasteiger partial charge in [0.1, 0.15) is 6.04 Å². The predicted octanol–water partition coefficient (Wildman–Crippen LogP) is 2.34. The number of amides is 1. The molecule has 30 heavy (non-hydrogen) atoms. The second kappa shape index (κ2) is 8.22. The van der Waals surface area contributed by atoms with Crippen LogP contribution in [0.4, 0.5) is 13.6 Å². The van der Waals surface area contributed by atoms with Gasteiger partial charge in [-0.25, -0.2) is 13.6 Å². The van der Waals surface area contributed by atoms with E-state index in [1.165, 1.54) is 7.11 Å². The fraction of sp³-hybridized carbons (Fsp3) is 0.905.